The average molecular weight is 307 g/mol. The number of benzene rings is 1. The molecule has 4 nitrogen and oxygen atoms in total. The maximum absolute atomic E-state index is 13.6. The number of nitrogens with zero attached hydrogens (tertiary/aromatic N) is 1. The van der Waals surface area contributed by atoms with E-state index in [2.05, 4.69) is 0 Å². The SMILES string of the molecule is O=CCCC1C(C(=O)O)=CN(C2CC2)c2cc(F)c(F)cc21. The Kier molecular flexibility index (Phi) is 3.68. The lowest BCUT2D eigenvalue weighted by atomic mass is 9.83. The molecule has 1 aromatic carbocycles. The predicted molar refractivity (Wildman–Crippen MR) is 75.6 cm³/mol. The van der Waals surface area contributed by atoms with Crippen molar-refractivity contribution in [1.29, 1.82) is 0 Å². The van der Waals surface area contributed by atoms with E-state index in [9.17, 15) is 23.5 Å². The summed E-state index contributed by atoms with van der Waals surface area (Å²) in [7, 11) is 0. The molecule has 1 aliphatic heterocycles. The maximum Gasteiger partial charge on any atom is 0.333 e. The molecule has 0 amide bonds. The Morgan fingerprint density at radius 3 is 2.59 bits per heavy atom. The van der Waals surface area contributed by atoms with Crippen molar-refractivity contribution in [3.05, 3.63) is 41.1 Å². The van der Waals surface area contributed by atoms with Crippen molar-refractivity contribution < 1.29 is 23.5 Å². The molecule has 0 aromatic heterocycles. The minimum absolute atomic E-state index is 0.118. The summed E-state index contributed by atoms with van der Waals surface area (Å²) >= 11 is 0. The largest absolute Gasteiger partial charge is 0.478 e. The van der Waals surface area contributed by atoms with Crippen LogP contribution in [-0.2, 0) is 9.59 Å². The first-order valence-electron chi connectivity index (χ1n) is 7.19. The number of hydrogen-bond acceptors (Lipinski definition) is 3. The number of carboxylic acids is 1. The Bertz CT molecular complexity index is 668. The molecule has 22 heavy (non-hydrogen) atoms. The van der Waals surface area contributed by atoms with E-state index in [0.717, 1.165) is 25.0 Å². The molecule has 1 saturated carbocycles. The second-order valence-electron chi connectivity index (χ2n) is 5.65. The molecule has 1 heterocycles. The van der Waals surface area contributed by atoms with Gasteiger partial charge in [-0.05, 0) is 30.9 Å². The molecule has 3 rings (SSSR count). The van der Waals surface area contributed by atoms with E-state index in [-0.39, 0.29) is 24.5 Å². The molecule has 6 heteroatoms. The van der Waals surface area contributed by atoms with Crippen LogP contribution in [0.3, 0.4) is 0 Å². The van der Waals surface area contributed by atoms with Crippen LogP contribution in [0.2, 0.25) is 0 Å². The third kappa shape index (κ3) is 2.49. The Morgan fingerprint density at radius 2 is 2.00 bits per heavy atom. The van der Waals surface area contributed by atoms with E-state index in [1.165, 1.54) is 6.20 Å². The zero-order valence-electron chi connectivity index (χ0n) is 11.8. The van der Waals surface area contributed by atoms with E-state index in [0.29, 0.717) is 17.5 Å². The monoisotopic (exact) mass is 307 g/mol. The number of hydrogen-bond donors (Lipinski definition) is 1. The number of carboxylic acid groups (broad SMARTS) is 1. The number of halogens is 2. The fraction of sp³-hybridized carbons (Fsp3) is 0.375. The van der Waals surface area contributed by atoms with Gasteiger partial charge in [0.15, 0.2) is 11.6 Å². The second-order valence-corrected chi connectivity index (χ2v) is 5.65. The minimum atomic E-state index is -1.10. The van der Waals surface area contributed by atoms with Crippen molar-refractivity contribution in [3.8, 4) is 0 Å². The standard InChI is InChI=1S/C16H15F2NO3/c17-13-6-11-10(2-1-5-20)12(16(21)22)8-19(9-3-4-9)15(11)7-14(13)18/h5-10H,1-4H2,(H,21,22). The second kappa shape index (κ2) is 5.51. The molecule has 2 aliphatic rings. The van der Waals surface area contributed by atoms with Crippen LogP contribution in [0.25, 0.3) is 0 Å². The highest BCUT2D eigenvalue weighted by atomic mass is 19.2. The van der Waals surface area contributed by atoms with E-state index >= 15 is 0 Å². The predicted octanol–water partition coefficient (Wildman–Crippen LogP) is 2.98. The van der Waals surface area contributed by atoms with Gasteiger partial charge < -0.3 is 14.8 Å². The van der Waals surface area contributed by atoms with Crippen molar-refractivity contribution in [3.63, 3.8) is 0 Å². The summed E-state index contributed by atoms with van der Waals surface area (Å²) in [4.78, 5) is 23.9. The first-order valence-corrected chi connectivity index (χ1v) is 7.19. The number of carbonyl (C=O) groups is 2. The summed E-state index contributed by atoms with van der Waals surface area (Å²) in [5, 5.41) is 9.43. The zero-order chi connectivity index (χ0) is 15.9. The maximum atomic E-state index is 13.6. The van der Waals surface area contributed by atoms with Gasteiger partial charge in [-0.3, -0.25) is 0 Å². The van der Waals surface area contributed by atoms with Crippen LogP contribution in [0.4, 0.5) is 14.5 Å². The zero-order valence-corrected chi connectivity index (χ0v) is 11.8. The van der Waals surface area contributed by atoms with Gasteiger partial charge in [0.05, 0.1) is 5.57 Å². The van der Waals surface area contributed by atoms with E-state index in [1.807, 2.05) is 0 Å². The van der Waals surface area contributed by atoms with Crippen molar-refractivity contribution >= 4 is 17.9 Å². The Balaban J connectivity index is 2.12. The highest BCUT2D eigenvalue weighted by molar-refractivity contribution is 5.91. The number of rotatable bonds is 5. The third-order valence-corrected chi connectivity index (χ3v) is 4.14. The first-order chi connectivity index (χ1) is 10.5. The lowest BCUT2D eigenvalue weighted by molar-refractivity contribution is -0.133. The molecule has 1 fully saturated rings. The number of fused-ring (bicyclic) bond motifs is 1. The number of anilines is 1. The average Bonchev–Trinajstić information content (AvgIpc) is 3.30. The molecule has 116 valence electrons. The fourth-order valence-corrected chi connectivity index (χ4v) is 2.94. The molecule has 1 unspecified atom stereocenters. The number of aliphatic carboxylic acids is 1. The van der Waals surface area contributed by atoms with Crippen LogP contribution in [-0.4, -0.2) is 23.4 Å². The summed E-state index contributed by atoms with van der Waals surface area (Å²) in [6.45, 7) is 0. The van der Waals surface area contributed by atoms with Crippen molar-refractivity contribution in [1.82, 2.24) is 0 Å². The Labute approximate surface area is 126 Å². The van der Waals surface area contributed by atoms with E-state index in [1.54, 1.807) is 4.90 Å². The highest BCUT2D eigenvalue weighted by Crippen LogP contribution is 2.45. The van der Waals surface area contributed by atoms with E-state index < -0.39 is 23.5 Å². The first kappa shape index (κ1) is 14.7. The summed E-state index contributed by atoms with van der Waals surface area (Å²) in [6.07, 6.45) is 4.42. The summed E-state index contributed by atoms with van der Waals surface area (Å²) < 4.78 is 27.2. The van der Waals surface area contributed by atoms with Gasteiger partial charge in [0.2, 0.25) is 0 Å². The highest BCUT2D eigenvalue weighted by Gasteiger charge is 2.37. The van der Waals surface area contributed by atoms with Crippen LogP contribution < -0.4 is 4.90 Å². The topological polar surface area (TPSA) is 57.6 Å². The van der Waals surface area contributed by atoms with Gasteiger partial charge in [-0.15, -0.1) is 0 Å². The molecular weight excluding hydrogens is 292 g/mol. The normalized spacial score (nSPS) is 20.4. The van der Waals surface area contributed by atoms with Crippen LogP contribution in [0.5, 0.6) is 0 Å². The van der Waals surface area contributed by atoms with Gasteiger partial charge in [0, 0.05) is 36.3 Å². The van der Waals surface area contributed by atoms with Crippen LogP contribution in [0.15, 0.2) is 23.9 Å². The fourth-order valence-electron chi connectivity index (χ4n) is 2.94. The van der Waals surface area contributed by atoms with Crippen molar-refractivity contribution in [2.45, 2.75) is 37.6 Å². The summed E-state index contributed by atoms with van der Waals surface area (Å²) in [5.41, 5.74) is 1.06. The Morgan fingerprint density at radius 1 is 1.32 bits per heavy atom. The molecule has 1 N–H and O–H groups in total. The molecule has 0 radical (unpaired) electrons. The number of aldehydes is 1. The van der Waals surface area contributed by atoms with Crippen LogP contribution in [0.1, 0.15) is 37.2 Å². The van der Waals surface area contributed by atoms with Gasteiger partial charge in [0.1, 0.15) is 6.29 Å². The Hall–Kier alpha value is -2.24. The van der Waals surface area contributed by atoms with Crippen molar-refractivity contribution in [2.75, 3.05) is 4.90 Å². The van der Waals surface area contributed by atoms with Gasteiger partial charge in [0.25, 0.3) is 0 Å². The van der Waals surface area contributed by atoms with E-state index in [4.69, 9.17) is 0 Å². The lowest BCUT2D eigenvalue weighted by Crippen LogP contribution is -2.29. The molecule has 1 atom stereocenters. The van der Waals surface area contributed by atoms with Gasteiger partial charge in [-0.1, -0.05) is 0 Å². The lowest BCUT2D eigenvalue weighted by Gasteiger charge is -2.33. The van der Waals surface area contributed by atoms with Gasteiger partial charge in [-0.2, -0.15) is 0 Å². The van der Waals surface area contributed by atoms with Crippen molar-refractivity contribution in [2.24, 2.45) is 0 Å². The van der Waals surface area contributed by atoms with Gasteiger partial charge in [-0.25, -0.2) is 13.6 Å². The quantitative estimate of drug-likeness (QED) is 0.850. The third-order valence-electron chi connectivity index (χ3n) is 4.14. The van der Waals surface area contributed by atoms with Crippen LogP contribution in [0, 0.1) is 11.6 Å². The molecule has 0 spiro atoms. The van der Waals surface area contributed by atoms with Crippen LogP contribution >= 0.6 is 0 Å². The summed E-state index contributed by atoms with van der Waals surface area (Å²) in [6, 6.07) is 2.31. The smallest absolute Gasteiger partial charge is 0.333 e. The minimum Gasteiger partial charge on any atom is -0.478 e. The molecular formula is C16H15F2NO3. The number of carbonyl (C=O) groups excluding carboxylic acids is 1. The molecule has 1 aliphatic carbocycles. The molecule has 0 saturated heterocycles. The molecule has 1 aromatic rings. The summed E-state index contributed by atoms with van der Waals surface area (Å²) in [5.74, 6) is -3.66. The van der Waals surface area contributed by atoms with Gasteiger partial charge >= 0.3 is 5.97 Å². The molecule has 0 bridgehead atoms.